The van der Waals surface area contributed by atoms with E-state index in [0.717, 1.165) is 16.1 Å². The summed E-state index contributed by atoms with van der Waals surface area (Å²) < 4.78 is 5.61. The topological polar surface area (TPSA) is 60.2 Å². The summed E-state index contributed by atoms with van der Waals surface area (Å²) in [5.41, 5.74) is 4.48. The molecule has 0 saturated carbocycles. The average molecular weight is 264 g/mol. The van der Waals surface area contributed by atoms with Gasteiger partial charge in [0.15, 0.2) is 0 Å². The lowest BCUT2D eigenvalue weighted by Crippen LogP contribution is -2.08. The molecule has 5 heteroatoms. The van der Waals surface area contributed by atoms with Crippen LogP contribution in [-0.2, 0) is 18.0 Å². The van der Waals surface area contributed by atoms with E-state index in [1.165, 1.54) is 0 Å². The van der Waals surface area contributed by atoms with Gasteiger partial charge in [-0.2, -0.15) is 0 Å². The number of nitrogen functional groups attached to an aromatic ring is 1. The van der Waals surface area contributed by atoms with Crippen molar-refractivity contribution in [3.05, 3.63) is 58.7 Å². The molecule has 94 valence electrons. The van der Waals surface area contributed by atoms with E-state index in [1.807, 2.05) is 36.4 Å². The highest BCUT2D eigenvalue weighted by atomic mass is 35.5. The van der Waals surface area contributed by atoms with Crippen LogP contribution in [-0.4, -0.2) is 4.98 Å². The maximum absolute atomic E-state index is 6.04. The summed E-state index contributed by atoms with van der Waals surface area (Å²) in [6, 6.07) is 11.4. The lowest BCUT2D eigenvalue weighted by atomic mass is 10.2. The van der Waals surface area contributed by atoms with Gasteiger partial charge in [0, 0.05) is 11.2 Å². The lowest BCUT2D eigenvalue weighted by Gasteiger charge is -2.07. The first-order valence-electron chi connectivity index (χ1n) is 5.52. The molecular formula is C13H14ClN3O. The molecule has 0 fully saturated rings. The average Bonchev–Trinajstić information content (AvgIpc) is 2.41. The van der Waals surface area contributed by atoms with Crippen LogP contribution in [0.25, 0.3) is 0 Å². The van der Waals surface area contributed by atoms with Crippen molar-refractivity contribution in [1.29, 1.82) is 0 Å². The molecule has 18 heavy (non-hydrogen) atoms. The zero-order valence-electron chi connectivity index (χ0n) is 9.77. The summed E-state index contributed by atoms with van der Waals surface area (Å²) in [5, 5.41) is 0.719. The van der Waals surface area contributed by atoms with E-state index < -0.39 is 0 Å². The van der Waals surface area contributed by atoms with Gasteiger partial charge < -0.3 is 10.2 Å². The summed E-state index contributed by atoms with van der Waals surface area (Å²) >= 11 is 6.04. The summed E-state index contributed by atoms with van der Waals surface area (Å²) in [6.45, 7) is 0.968. The smallest absolute Gasteiger partial charge is 0.140 e. The Labute approximate surface area is 111 Å². The molecule has 2 aromatic rings. The highest BCUT2D eigenvalue weighted by molar-refractivity contribution is 6.31. The fourth-order valence-corrected chi connectivity index (χ4v) is 1.73. The van der Waals surface area contributed by atoms with Crippen LogP contribution in [0.15, 0.2) is 42.6 Å². The van der Waals surface area contributed by atoms with Gasteiger partial charge in [0.25, 0.3) is 0 Å². The first-order chi connectivity index (χ1) is 8.79. The van der Waals surface area contributed by atoms with Crippen LogP contribution in [0.5, 0.6) is 0 Å². The number of hydrogen-bond donors (Lipinski definition) is 2. The van der Waals surface area contributed by atoms with E-state index in [2.05, 4.69) is 10.4 Å². The summed E-state index contributed by atoms with van der Waals surface area (Å²) in [4.78, 5) is 4.03. The van der Waals surface area contributed by atoms with Crippen molar-refractivity contribution in [1.82, 2.24) is 4.98 Å². The number of benzene rings is 1. The predicted octanol–water partition coefficient (Wildman–Crippen LogP) is 2.74. The second-order valence-electron chi connectivity index (χ2n) is 3.78. The van der Waals surface area contributed by atoms with E-state index in [0.29, 0.717) is 19.0 Å². The fourth-order valence-electron chi connectivity index (χ4n) is 1.54. The Morgan fingerprint density at radius 1 is 1.22 bits per heavy atom. The SMILES string of the molecule is NNc1cc(COCc2ccccc2Cl)ccn1. The highest BCUT2D eigenvalue weighted by Gasteiger charge is 2.00. The standard InChI is InChI=1S/C13H14ClN3O/c14-12-4-2-1-3-11(12)9-18-8-10-5-6-16-13(7-10)17-15/h1-7H,8-9,15H2,(H,16,17). The third-order valence-electron chi connectivity index (χ3n) is 2.46. The third kappa shape index (κ3) is 3.43. The zero-order valence-corrected chi connectivity index (χ0v) is 10.5. The van der Waals surface area contributed by atoms with Crippen molar-refractivity contribution >= 4 is 17.4 Å². The Morgan fingerprint density at radius 3 is 2.83 bits per heavy atom. The summed E-state index contributed by atoms with van der Waals surface area (Å²) in [5.74, 6) is 5.91. The van der Waals surface area contributed by atoms with Crippen molar-refractivity contribution in [3.63, 3.8) is 0 Å². The molecule has 0 radical (unpaired) electrons. The Kier molecular flexibility index (Phi) is 4.52. The Balaban J connectivity index is 1.90. The van der Waals surface area contributed by atoms with Crippen LogP contribution in [0.3, 0.4) is 0 Å². The van der Waals surface area contributed by atoms with Gasteiger partial charge >= 0.3 is 0 Å². The number of rotatable bonds is 5. The summed E-state index contributed by atoms with van der Waals surface area (Å²) in [6.07, 6.45) is 1.68. The van der Waals surface area contributed by atoms with Gasteiger partial charge in [-0.15, -0.1) is 0 Å². The van der Waals surface area contributed by atoms with E-state index in [1.54, 1.807) is 6.20 Å². The molecule has 3 N–H and O–H groups in total. The van der Waals surface area contributed by atoms with Crippen LogP contribution in [0.2, 0.25) is 5.02 Å². The second kappa shape index (κ2) is 6.35. The largest absolute Gasteiger partial charge is 0.372 e. The molecule has 2 rings (SSSR count). The highest BCUT2D eigenvalue weighted by Crippen LogP contribution is 2.16. The van der Waals surface area contributed by atoms with Crippen molar-refractivity contribution in [2.75, 3.05) is 5.43 Å². The van der Waals surface area contributed by atoms with Crippen molar-refractivity contribution in [2.24, 2.45) is 5.84 Å². The molecular weight excluding hydrogens is 250 g/mol. The number of halogens is 1. The number of ether oxygens (including phenoxy) is 1. The van der Waals surface area contributed by atoms with Crippen molar-refractivity contribution < 1.29 is 4.74 Å². The van der Waals surface area contributed by atoms with E-state index >= 15 is 0 Å². The Bertz CT molecular complexity index is 519. The van der Waals surface area contributed by atoms with Gasteiger partial charge in [-0.25, -0.2) is 10.8 Å². The number of hydrazine groups is 1. The van der Waals surface area contributed by atoms with E-state index in [4.69, 9.17) is 22.2 Å². The van der Waals surface area contributed by atoms with Crippen molar-refractivity contribution in [3.8, 4) is 0 Å². The zero-order chi connectivity index (χ0) is 12.8. The van der Waals surface area contributed by atoms with Crippen LogP contribution in [0.1, 0.15) is 11.1 Å². The molecule has 0 aliphatic carbocycles. The minimum Gasteiger partial charge on any atom is -0.372 e. The fraction of sp³-hybridized carbons (Fsp3) is 0.154. The quantitative estimate of drug-likeness (QED) is 0.643. The molecule has 1 aromatic heterocycles. The number of nitrogens with zero attached hydrogens (tertiary/aromatic N) is 1. The van der Waals surface area contributed by atoms with Gasteiger partial charge in [0.05, 0.1) is 13.2 Å². The lowest BCUT2D eigenvalue weighted by molar-refractivity contribution is 0.107. The minimum atomic E-state index is 0.480. The molecule has 4 nitrogen and oxygen atoms in total. The molecule has 0 atom stereocenters. The predicted molar refractivity (Wildman–Crippen MR) is 72.0 cm³/mol. The van der Waals surface area contributed by atoms with Gasteiger partial charge in [0.1, 0.15) is 5.82 Å². The number of nitrogens with two attached hydrogens (primary N) is 1. The molecule has 1 heterocycles. The molecule has 0 saturated heterocycles. The Hall–Kier alpha value is -1.62. The minimum absolute atomic E-state index is 0.480. The summed E-state index contributed by atoms with van der Waals surface area (Å²) in [7, 11) is 0. The van der Waals surface area contributed by atoms with Crippen molar-refractivity contribution in [2.45, 2.75) is 13.2 Å². The first-order valence-corrected chi connectivity index (χ1v) is 5.90. The molecule has 0 unspecified atom stereocenters. The molecule has 0 aliphatic heterocycles. The monoisotopic (exact) mass is 263 g/mol. The molecule has 0 amide bonds. The Morgan fingerprint density at radius 2 is 2.06 bits per heavy atom. The van der Waals surface area contributed by atoms with Gasteiger partial charge in [-0.3, -0.25) is 0 Å². The molecule has 0 spiro atoms. The van der Waals surface area contributed by atoms with Crippen LogP contribution >= 0.6 is 11.6 Å². The van der Waals surface area contributed by atoms with Gasteiger partial charge in [-0.1, -0.05) is 29.8 Å². The number of pyridine rings is 1. The van der Waals surface area contributed by atoms with E-state index in [9.17, 15) is 0 Å². The number of anilines is 1. The number of hydrogen-bond acceptors (Lipinski definition) is 4. The maximum Gasteiger partial charge on any atom is 0.140 e. The molecule has 0 aliphatic rings. The normalized spacial score (nSPS) is 10.3. The van der Waals surface area contributed by atoms with Gasteiger partial charge in [-0.05, 0) is 29.3 Å². The third-order valence-corrected chi connectivity index (χ3v) is 2.83. The molecule has 0 bridgehead atoms. The second-order valence-corrected chi connectivity index (χ2v) is 4.19. The van der Waals surface area contributed by atoms with E-state index in [-0.39, 0.29) is 0 Å². The van der Waals surface area contributed by atoms with Crippen LogP contribution in [0, 0.1) is 0 Å². The van der Waals surface area contributed by atoms with Crippen LogP contribution in [0.4, 0.5) is 5.82 Å². The molecule has 1 aromatic carbocycles. The number of nitrogens with one attached hydrogen (secondary N) is 1. The maximum atomic E-state index is 6.04. The first kappa shape index (κ1) is 12.8. The number of aromatic nitrogens is 1. The van der Waals surface area contributed by atoms with Crippen LogP contribution < -0.4 is 11.3 Å². The van der Waals surface area contributed by atoms with Gasteiger partial charge in [0.2, 0.25) is 0 Å².